The fraction of sp³-hybridized carbons (Fsp3) is 0.300. The zero-order valence-corrected chi connectivity index (χ0v) is 14.8. The fourth-order valence-corrected chi connectivity index (χ4v) is 3.39. The Bertz CT molecular complexity index is 796. The summed E-state index contributed by atoms with van der Waals surface area (Å²) >= 11 is 6.02. The Morgan fingerprint density at radius 1 is 0.920 bits per heavy atom. The first-order valence-corrected chi connectivity index (χ1v) is 8.93. The predicted octanol–water partition coefficient (Wildman–Crippen LogP) is 4.12. The van der Waals surface area contributed by atoms with Crippen molar-refractivity contribution in [3.05, 3.63) is 58.6 Å². The molecule has 0 aliphatic carbocycles. The number of carbonyl (C=O) groups is 2. The normalized spacial score (nSPS) is 14.8. The lowest BCUT2D eigenvalue weighted by Crippen LogP contribution is -2.31. The van der Waals surface area contributed by atoms with Crippen LogP contribution in [-0.2, 0) is 0 Å². The molecule has 1 fully saturated rings. The smallest absolute Gasteiger partial charge is 0.253 e. The van der Waals surface area contributed by atoms with Crippen LogP contribution < -0.4 is 5.73 Å². The van der Waals surface area contributed by atoms with E-state index in [1.165, 1.54) is 12.8 Å². The van der Waals surface area contributed by atoms with Crippen molar-refractivity contribution in [1.29, 1.82) is 0 Å². The summed E-state index contributed by atoms with van der Waals surface area (Å²) in [6, 6.07) is 12.6. The number of hydrogen-bond acceptors (Lipinski definition) is 2. The van der Waals surface area contributed by atoms with E-state index < -0.39 is 5.91 Å². The third kappa shape index (κ3) is 4.02. The van der Waals surface area contributed by atoms with Crippen molar-refractivity contribution >= 4 is 23.4 Å². The highest BCUT2D eigenvalue weighted by molar-refractivity contribution is 6.33. The van der Waals surface area contributed by atoms with Gasteiger partial charge in [0.2, 0.25) is 5.91 Å². The van der Waals surface area contributed by atoms with Gasteiger partial charge in [-0.05, 0) is 48.2 Å². The van der Waals surface area contributed by atoms with E-state index in [0.717, 1.165) is 37.1 Å². The van der Waals surface area contributed by atoms with Crippen molar-refractivity contribution < 1.29 is 9.59 Å². The Morgan fingerprint density at radius 2 is 1.60 bits per heavy atom. The number of primary amides is 1. The molecule has 2 N–H and O–H groups in total. The molecule has 3 rings (SSSR count). The molecule has 0 spiro atoms. The molecule has 5 heteroatoms. The molecule has 1 aliphatic rings. The van der Waals surface area contributed by atoms with E-state index in [0.29, 0.717) is 10.6 Å². The van der Waals surface area contributed by atoms with Crippen LogP contribution in [0.15, 0.2) is 42.5 Å². The van der Waals surface area contributed by atoms with Gasteiger partial charge in [0.05, 0.1) is 10.6 Å². The van der Waals surface area contributed by atoms with Crippen molar-refractivity contribution in [1.82, 2.24) is 4.90 Å². The lowest BCUT2D eigenvalue weighted by atomic mass is 10.0. The Kier molecular flexibility index (Phi) is 5.39. The van der Waals surface area contributed by atoms with Crippen molar-refractivity contribution in [3.8, 4) is 11.1 Å². The van der Waals surface area contributed by atoms with Crippen molar-refractivity contribution in [2.45, 2.75) is 25.7 Å². The van der Waals surface area contributed by atoms with Crippen LogP contribution in [0.1, 0.15) is 46.4 Å². The third-order valence-electron chi connectivity index (χ3n) is 4.57. The molecule has 0 radical (unpaired) electrons. The van der Waals surface area contributed by atoms with Gasteiger partial charge in [-0.25, -0.2) is 0 Å². The standard InChI is InChI=1S/C20H21ClN2O2/c21-18-9-8-15(13-17(18)19(22)24)14-6-5-7-16(12-14)20(25)23-10-3-1-2-4-11-23/h5-9,12-13H,1-4,10-11H2,(H2,22,24). The highest BCUT2D eigenvalue weighted by Gasteiger charge is 2.18. The van der Waals surface area contributed by atoms with Crippen LogP contribution in [0, 0.1) is 0 Å². The number of hydrogen-bond donors (Lipinski definition) is 1. The Labute approximate surface area is 152 Å². The Morgan fingerprint density at radius 3 is 2.28 bits per heavy atom. The molecular weight excluding hydrogens is 336 g/mol. The topological polar surface area (TPSA) is 63.4 Å². The van der Waals surface area contributed by atoms with Gasteiger partial charge >= 0.3 is 0 Å². The fourth-order valence-electron chi connectivity index (χ4n) is 3.18. The molecule has 25 heavy (non-hydrogen) atoms. The summed E-state index contributed by atoms with van der Waals surface area (Å²) in [5.41, 5.74) is 7.98. The number of nitrogens with zero attached hydrogens (tertiary/aromatic N) is 1. The summed E-state index contributed by atoms with van der Waals surface area (Å²) in [4.78, 5) is 26.2. The Balaban J connectivity index is 1.90. The number of likely N-dealkylation sites (tertiary alicyclic amines) is 1. The first-order valence-electron chi connectivity index (χ1n) is 8.55. The molecule has 1 heterocycles. The maximum atomic E-state index is 12.8. The van der Waals surface area contributed by atoms with Gasteiger partial charge in [-0.15, -0.1) is 0 Å². The van der Waals surface area contributed by atoms with Crippen molar-refractivity contribution in [3.63, 3.8) is 0 Å². The van der Waals surface area contributed by atoms with E-state index in [1.807, 2.05) is 35.2 Å². The highest BCUT2D eigenvalue weighted by Crippen LogP contribution is 2.26. The lowest BCUT2D eigenvalue weighted by Gasteiger charge is -2.20. The van der Waals surface area contributed by atoms with Gasteiger partial charge in [-0.1, -0.05) is 42.6 Å². The molecule has 2 aromatic carbocycles. The van der Waals surface area contributed by atoms with Crippen LogP contribution in [-0.4, -0.2) is 29.8 Å². The van der Waals surface area contributed by atoms with Gasteiger partial charge in [0.1, 0.15) is 0 Å². The van der Waals surface area contributed by atoms with Crippen LogP contribution >= 0.6 is 11.6 Å². The molecule has 2 aromatic rings. The second kappa shape index (κ2) is 7.70. The van der Waals surface area contributed by atoms with Crippen LogP contribution in [0.5, 0.6) is 0 Å². The van der Waals surface area contributed by atoms with Crippen molar-refractivity contribution in [2.75, 3.05) is 13.1 Å². The van der Waals surface area contributed by atoms with E-state index in [9.17, 15) is 9.59 Å². The molecule has 130 valence electrons. The van der Waals surface area contributed by atoms with Gasteiger partial charge in [0, 0.05) is 18.7 Å². The molecule has 1 saturated heterocycles. The van der Waals surface area contributed by atoms with Crippen LogP contribution in [0.2, 0.25) is 5.02 Å². The van der Waals surface area contributed by atoms with E-state index in [1.54, 1.807) is 12.1 Å². The zero-order chi connectivity index (χ0) is 17.8. The molecular formula is C20H21ClN2O2. The van der Waals surface area contributed by atoms with Crippen molar-refractivity contribution in [2.24, 2.45) is 5.73 Å². The van der Waals surface area contributed by atoms with Gasteiger partial charge in [0.25, 0.3) is 5.91 Å². The predicted molar refractivity (Wildman–Crippen MR) is 99.8 cm³/mol. The van der Waals surface area contributed by atoms with E-state index in [-0.39, 0.29) is 11.5 Å². The van der Waals surface area contributed by atoms with E-state index in [2.05, 4.69) is 0 Å². The average molecular weight is 357 g/mol. The van der Waals surface area contributed by atoms with Gasteiger partial charge < -0.3 is 10.6 Å². The van der Waals surface area contributed by atoms with Crippen LogP contribution in [0.25, 0.3) is 11.1 Å². The molecule has 0 aromatic heterocycles. The van der Waals surface area contributed by atoms with E-state index in [4.69, 9.17) is 17.3 Å². The molecule has 4 nitrogen and oxygen atoms in total. The second-order valence-corrected chi connectivity index (χ2v) is 6.75. The number of nitrogens with two attached hydrogens (primary N) is 1. The summed E-state index contributed by atoms with van der Waals surface area (Å²) in [5.74, 6) is -0.503. The quantitative estimate of drug-likeness (QED) is 0.898. The maximum absolute atomic E-state index is 12.8. The molecule has 0 bridgehead atoms. The highest BCUT2D eigenvalue weighted by atomic mass is 35.5. The van der Waals surface area contributed by atoms with E-state index >= 15 is 0 Å². The monoisotopic (exact) mass is 356 g/mol. The number of benzene rings is 2. The summed E-state index contributed by atoms with van der Waals surface area (Å²) < 4.78 is 0. The first kappa shape index (κ1) is 17.5. The number of rotatable bonds is 3. The molecule has 0 saturated carbocycles. The zero-order valence-electron chi connectivity index (χ0n) is 14.0. The minimum atomic E-state index is -0.566. The number of amides is 2. The molecule has 0 unspecified atom stereocenters. The summed E-state index contributed by atoms with van der Waals surface area (Å²) in [6.45, 7) is 1.63. The molecule has 0 atom stereocenters. The van der Waals surface area contributed by atoms with Gasteiger partial charge in [-0.2, -0.15) is 0 Å². The minimum absolute atomic E-state index is 0.0628. The van der Waals surface area contributed by atoms with Gasteiger partial charge in [0.15, 0.2) is 0 Å². The SMILES string of the molecule is NC(=O)c1cc(-c2cccc(C(=O)N3CCCCCC3)c2)ccc1Cl. The molecule has 1 aliphatic heterocycles. The average Bonchev–Trinajstić information content (AvgIpc) is 2.91. The summed E-state index contributed by atoms with van der Waals surface area (Å²) in [7, 11) is 0. The largest absolute Gasteiger partial charge is 0.366 e. The second-order valence-electron chi connectivity index (χ2n) is 6.35. The van der Waals surface area contributed by atoms with Gasteiger partial charge in [-0.3, -0.25) is 9.59 Å². The first-order chi connectivity index (χ1) is 12.1. The Hall–Kier alpha value is -2.33. The summed E-state index contributed by atoms with van der Waals surface area (Å²) in [6.07, 6.45) is 4.49. The number of halogens is 1. The minimum Gasteiger partial charge on any atom is -0.366 e. The third-order valence-corrected chi connectivity index (χ3v) is 4.90. The lowest BCUT2D eigenvalue weighted by molar-refractivity contribution is 0.0761. The molecule has 2 amide bonds. The number of carbonyl (C=O) groups excluding carboxylic acids is 2. The van der Waals surface area contributed by atoms with Crippen LogP contribution in [0.3, 0.4) is 0 Å². The summed E-state index contributed by atoms with van der Waals surface area (Å²) in [5, 5.41) is 0.327. The van der Waals surface area contributed by atoms with Crippen LogP contribution in [0.4, 0.5) is 0 Å². The maximum Gasteiger partial charge on any atom is 0.253 e.